The Labute approximate surface area is 171 Å². The summed E-state index contributed by atoms with van der Waals surface area (Å²) in [5, 5.41) is 5.23. The summed E-state index contributed by atoms with van der Waals surface area (Å²) in [7, 11) is 0. The van der Waals surface area contributed by atoms with Gasteiger partial charge >= 0.3 is 0 Å². The SMILES string of the molecule is CCOc1ccc(C(=O)NCC2CCN(Cc3cccs3)CC2)cc1OCC. The van der Waals surface area contributed by atoms with Crippen molar-refractivity contribution in [3.63, 3.8) is 0 Å². The largest absolute Gasteiger partial charge is 0.490 e. The van der Waals surface area contributed by atoms with Crippen LogP contribution in [0.3, 0.4) is 0 Å². The van der Waals surface area contributed by atoms with Gasteiger partial charge in [-0.25, -0.2) is 0 Å². The molecule has 28 heavy (non-hydrogen) atoms. The summed E-state index contributed by atoms with van der Waals surface area (Å²) in [5.74, 6) is 1.79. The molecule has 0 unspecified atom stereocenters. The molecule has 2 aromatic rings. The van der Waals surface area contributed by atoms with E-state index in [1.807, 2.05) is 31.3 Å². The average molecular weight is 403 g/mol. The average Bonchev–Trinajstić information content (AvgIpc) is 3.22. The fourth-order valence-electron chi connectivity index (χ4n) is 3.50. The van der Waals surface area contributed by atoms with Crippen LogP contribution >= 0.6 is 11.3 Å². The van der Waals surface area contributed by atoms with Gasteiger partial charge in [-0.2, -0.15) is 0 Å². The van der Waals surface area contributed by atoms with Crippen LogP contribution in [0.5, 0.6) is 11.5 Å². The summed E-state index contributed by atoms with van der Waals surface area (Å²) in [6, 6.07) is 9.69. The first-order valence-electron chi connectivity index (χ1n) is 10.1. The van der Waals surface area contributed by atoms with E-state index in [1.165, 1.54) is 4.88 Å². The van der Waals surface area contributed by atoms with Crippen molar-refractivity contribution in [3.05, 3.63) is 46.2 Å². The second-order valence-electron chi connectivity index (χ2n) is 7.04. The lowest BCUT2D eigenvalue weighted by Gasteiger charge is -2.31. The van der Waals surface area contributed by atoms with Crippen LogP contribution in [0, 0.1) is 5.92 Å². The standard InChI is InChI=1S/C22H30N2O3S/c1-3-26-20-8-7-18(14-21(20)27-4-2)22(25)23-15-17-9-11-24(12-10-17)16-19-6-5-13-28-19/h5-8,13-14,17H,3-4,9-12,15-16H2,1-2H3,(H,23,25). The van der Waals surface area contributed by atoms with Crippen molar-refractivity contribution in [1.82, 2.24) is 10.2 Å². The number of likely N-dealkylation sites (tertiary alicyclic amines) is 1. The second-order valence-corrected chi connectivity index (χ2v) is 8.07. The lowest BCUT2D eigenvalue weighted by atomic mass is 9.96. The number of rotatable bonds is 9. The van der Waals surface area contributed by atoms with Gasteiger partial charge in [-0.1, -0.05) is 6.07 Å². The molecule has 1 fully saturated rings. The summed E-state index contributed by atoms with van der Waals surface area (Å²) in [4.78, 5) is 16.5. The fourth-order valence-corrected chi connectivity index (χ4v) is 4.25. The third-order valence-corrected chi connectivity index (χ3v) is 5.88. The minimum Gasteiger partial charge on any atom is -0.490 e. The number of nitrogens with zero attached hydrogens (tertiary/aromatic N) is 1. The number of thiophene rings is 1. The van der Waals surface area contributed by atoms with Gasteiger partial charge in [0, 0.05) is 23.5 Å². The van der Waals surface area contributed by atoms with E-state index in [2.05, 4.69) is 27.7 Å². The van der Waals surface area contributed by atoms with Crippen LogP contribution in [0.4, 0.5) is 0 Å². The Morgan fingerprint density at radius 1 is 1.14 bits per heavy atom. The number of hydrogen-bond donors (Lipinski definition) is 1. The molecule has 0 radical (unpaired) electrons. The zero-order valence-electron chi connectivity index (χ0n) is 16.8. The zero-order valence-corrected chi connectivity index (χ0v) is 17.6. The number of nitrogens with one attached hydrogen (secondary N) is 1. The van der Waals surface area contributed by atoms with Gasteiger partial charge < -0.3 is 14.8 Å². The van der Waals surface area contributed by atoms with Gasteiger partial charge in [0.1, 0.15) is 0 Å². The summed E-state index contributed by atoms with van der Waals surface area (Å²) in [5.41, 5.74) is 0.613. The molecule has 0 saturated carbocycles. The number of carbonyl (C=O) groups excluding carboxylic acids is 1. The Morgan fingerprint density at radius 2 is 1.89 bits per heavy atom. The van der Waals surface area contributed by atoms with E-state index in [-0.39, 0.29) is 5.91 Å². The Kier molecular flexibility index (Phi) is 7.74. The van der Waals surface area contributed by atoms with Crippen LogP contribution in [-0.2, 0) is 6.54 Å². The minimum absolute atomic E-state index is 0.0509. The van der Waals surface area contributed by atoms with Gasteiger partial charge in [0.2, 0.25) is 0 Å². The highest BCUT2D eigenvalue weighted by Gasteiger charge is 2.20. The number of piperidine rings is 1. The molecule has 152 valence electrons. The number of benzene rings is 1. The second kappa shape index (κ2) is 10.5. The Balaban J connectivity index is 1.47. The van der Waals surface area contributed by atoms with Crippen molar-refractivity contribution in [3.8, 4) is 11.5 Å². The maximum absolute atomic E-state index is 12.6. The van der Waals surface area contributed by atoms with Crippen molar-refractivity contribution in [2.24, 2.45) is 5.92 Å². The highest BCUT2D eigenvalue weighted by molar-refractivity contribution is 7.09. The van der Waals surface area contributed by atoms with E-state index < -0.39 is 0 Å². The van der Waals surface area contributed by atoms with E-state index >= 15 is 0 Å². The monoisotopic (exact) mass is 402 g/mol. The van der Waals surface area contributed by atoms with Gasteiger partial charge in [-0.3, -0.25) is 9.69 Å². The summed E-state index contributed by atoms with van der Waals surface area (Å²) >= 11 is 1.82. The Hall–Kier alpha value is -2.05. The van der Waals surface area contributed by atoms with Crippen molar-refractivity contribution >= 4 is 17.2 Å². The molecule has 0 bridgehead atoms. The van der Waals surface area contributed by atoms with Gasteiger partial charge in [-0.15, -0.1) is 11.3 Å². The number of hydrogen-bond acceptors (Lipinski definition) is 5. The molecule has 1 amide bonds. The predicted molar refractivity (Wildman–Crippen MR) is 113 cm³/mol. The van der Waals surface area contributed by atoms with Crippen LogP contribution in [0.25, 0.3) is 0 Å². The third kappa shape index (κ3) is 5.72. The predicted octanol–water partition coefficient (Wildman–Crippen LogP) is 4.19. The summed E-state index contributed by atoms with van der Waals surface area (Å²) in [6.07, 6.45) is 2.25. The molecule has 1 aromatic carbocycles. The van der Waals surface area contributed by atoms with E-state index in [0.29, 0.717) is 36.2 Å². The van der Waals surface area contributed by atoms with Crippen molar-refractivity contribution in [1.29, 1.82) is 0 Å². The number of ether oxygens (including phenoxy) is 2. The molecule has 1 aliphatic rings. The molecule has 5 nitrogen and oxygen atoms in total. The van der Waals surface area contributed by atoms with E-state index in [9.17, 15) is 4.79 Å². The molecular weight excluding hydrogens is 372 g/mol. The molecule has 6 heteroatoms. The molecule has 0 atom stereocenters. The van der Waals surface area contributed by atoms with Crippen LogP contribution in [0.2, 0.25) is 0 Å². The van der Waals surface area contributed by atoms with Crippen molar-refractivity contribution in [2.45, 2.75) is 33.2 Å². The van der Waals surface area contributed by atoms with Crippen LogP contribution in [0.15, 0.2) is 35.7 Å². The van der Waals surface area contributed by atoms with E-state index in [0.717, 1.165) is 39.0 Å². The van der Waals surface area contributed by atoms with Gasteiger partial charge in [-0.05, 0) is 75.3 Å². The van der Waals surface area contributed by atoms with E-state index in [1.54, 1.807) is 12.1 Å². The van der Waals surface area contributed by atoms with Crippen molar-refractivity contribution in [2.75, 3.05) is 32.8 Å². The molecule has 2 heterocycles. The zero-order chi connectivity index (χ0) is 19.8. The highest BCUT2D eigenvalue weighted by atomic mass is 32.1. The fraction of sp³-hybridized carbons (Fsp3) is 0.500. The molecular formula is C22H30N2O3S. The Morgan fingerprint density at radius 3 is 2.57 bits per heavy atom. The first-order valence-corrected chi connectivity index (χ1v) is 11.0. The van der Waals surface area contributed by atoms with E-state index in [4.69, 9.17) is 9.47 Å². The van der Waals surface area contributed by atoms with Crippen LogP contribution in [-0.4, -0.2) is 43.7 Å². The third-order valence-electron chi connectivity index (χ3n) is 5.02. The molecule has 1 aliphatic heterocycles. The first kappa shape index (κ1) is 20.7. The molecule has 1 N–H and O–H groups in total. The maximum atomic E-state index is 12.6. The smallest absolute Gasteiger partial charge is 0.251 e. The van der Waals surface area contributed by atoms with Crippen molar-refractivity contribution < 1.29 is 14.3 Å². The quantitative estimate of drug-likeness (QED) is 0.683. The lowest BCUT2D eigenvalue weighted by molar-refractivity contribution is 0.0935. The first-order chi connectivity index (χ1) is 13.7. The summed E-state index contributed by atoms with van der Waals surface area (Å²) < 4.78 is 11.2. The molecule has 1 aromatic heterocycles. The molecule has 3 rings (SSSR count). The number of carbonyl (C=O) groups is 1. The van der Waals surface area contributed by atoms with Gasteiger partial charge in [0.15, 0.2) is 11.5 Å². The Bertz CT molecular complexity index is 740. The van der Waals surface area contributed by atoms with Crippen LogP contribution < -0.4 is 14.8 Å². The molecule has 1 saturated heterocycles. The normalized spacial score (nSPS) is 15.4. The topological polar surface area (TPSA) is 50.8 Å². The molecule has 0 spiro atoms. The lowest BCUT2D eigenvalue weighted by Crippen LogP contribution is -2.38. The number of amides is 1. The maximum Gasteiger partial charge on any atom is 0.251 e. The van der Waals surface area contributed by atoms with Crippen LogP contribution in [0.1, 0.15) is 41.9 Å². The summed E-state index contributed by atoms with van der Waals surface area (Å²) in [6.45, 7) is 8.92. The highest BCUT2D eigenvalue weighted by Crippen LogP contribution is 2.28. The van der Waals surface area contributed by atoms with Gasteiger partial charge in [0.25, 0.3) is 5.91 Å². The minimum atomic E-state index is -0.0509. The molecule has 0 aliphatic carbocycles. The van der Waals surface area contributed by atoms with Gasteiger partial charge in [0.05, 0.1) is 13.2 Å².